The lowest BCUT2D eigenvalue weighted by Gasteiger charge is -2.08. The van der Waals surface area contributed by atoms with Crippen molar-refractivity contribution in [1.82, 2.24) is 58.8 Å². The summed E-state index contributed by atoms with van der Waals surface area (Å²) in [6.07, 6.45) is 12.7. The second-order valence-electron chi connectivity index (χ2n) is 14.8. The number of H-pyrrole nitrogens is 3. The normalized spacial score (nSPS) is 10.9. The number of aromatic nitrogens is 12. The topological polar surface area (TPSA) is 309 Å². The van der Waals surface area contributed by atoms with Gasteiger partial charge in [-0.25, -0.2) is 60.7 Å². The van der Waals surface area contributed by atoms with Crippen molar-refractivity contribution >= 4 is 131 Å². The van der Waals surface area contributed by atoms with Crippen LogP contribution in [0.4, 0.5) is 0 Å². The third-order valence-electron chi connectivity index (χ3n) is 9.68. The summed E-state index contributed by atoms with van der Waals surface area (Å²) in [7, 11) is 4.15. The van der Waals surface area contributed by atoms with E-state index in [4.69, 9.17) is 55.8 Å². The van der Waals surface area contributed by atoms with E-state index in [1.54, 1.807) is 83.2 Å². The van der Waals surface area contributed by atoms with E-state index in [2.05, 4.69) is 82.2 Å². The summed E-state index contributed by atoms with van der Waals surface area (Å²) in [6.45, 7) is 3.37. The Balaban J connectivity index is 0.000000182. The second kappa shape index (κ2) is 32.8. The van der Waals surface area contributed by atoms with Gasteiger partial charge in [0.1, 0.15) is 67.2 Å². The number of aromatic amines is 3. The van der Waals surface area contributed by atoms with Crippen LogP contribution < -0.4 is 14.2 Å². The molecule has 24 nitrogen and oxygen atoms in total. The molecular formula is C48H52Cl2I2N12O12S2. The van der Waals surface area contributed by atoms with E-state index in [1.807, 2.05) is 47.1 Å². The van der Waals surface area contributed by atoms with Crippen LogP contribution in [0.3, 0.4) is 0 Å². The lowest BCUT2D eigenvalue weighted by Crippen LogP contribution is -2.12. The van der Waals surface area contributed by atoms with Crippen molar-refractivity contribution in [2.45, 2.75) is 9.79 Å². The number of benzene rings is 2. The Bertz CT molecular complexity index is 3600. The highest BCUT2D eigenvalue weighted by Crippen LogP contribution is 2.31. The number of nitrogens with one attached hydrogen (secondary N) is 3. The standard InChI is InChI=1S/C15H14IN3O4S.C9H10IN3O2.C9H11N3O2.C6H4ClN3.C6H5ClO2S.C3H8O2/c1-22-7-8-23-15-13-12(16)9-19(14(13)17-10-18-15)24(20,21)11-5-3-2-4-6-11;1-14-2-3-15-9-7-6(10)4-11-8(7)12-5-13-9;1-13-4-5-14-9-7-2-3-10-8(7)11-6-12-9;7-5-4-1-2-8-6(4)10-3-9-5;7-10(8,9)6-4-2-1-3-5-6;1-5-3-2-4/h2-6,9-10H,7-8H2,1H3;4-5H,2-3H2,1H3,(H,11,12,13);2-3,6H,4-5H2,1H3,(H,10,11,12);1-3H,(H,8,9,10);1-5H;4H,2-3H2,1H3. The van der Waals surface area contributed by atoms with Gasteiger partial charge in [-0.2, -0.15) is 0 Å². The Morgan fingerprint density at radius 3 is 1.53 bits per heavy atom. The van der Waals surface area contributed by atoms with E-state index in [9.17, 15) is 16.8 Å². The van der Waals surface area contributed by atoms with E-state index in [1.165, 1.54) is 43.6 Å². The summed E-state index contributed by atoms with van der Waals surface area (Å²) >= 11 is 9.99. The van der Waals surface area contributed by atoms with Gasteiger partial charge in [0.15, 0.2) is 5.65 Å². The molecule has 78 heavy (non-hydrogen) atoms. The molecule has 0 atom stereocenters. The van der Waals surface area contributed by atoms with Crippen LogP contribution in [0.25, 0.3) is 44.1 Å². The summed E-state index contributed by atoms with van der Waals surface area (Å²) in [5.41, 5.74) is 2.64. The van der Waals surface area contributed by atoms with Crippen molar-refractivity contribution in [3.05, 3.63) is 135 Å². The summed E-state index contributed by atoms with van der Waals surface area (Å²) in [4.78, 5) is 41.6. The van der Waals surface area contributed by atoms with Gasteiger partial charge in [-0.15, -0.1) is 0 Å². The SMILES string of the molecule is COCCO.COCCOc1ncnc2[nH]cc(I)c12.COCCOc1ncnc2[nH]ccc12.COCCOc1ncnc2c1c(I)cn2S(=O)(=O)c1ccccc1.Clc1ncnc2[nH]ccc12.O=S(=O)(Cl)c1ccccc1. The molecule has 0 spiro atoms. The average molecular weight is 1380 g/mol. The van der Waals surface area contributed by atoms with Crippen molar-refractivity contribution < 1.29 is 55.1 Å². The van der Waals surface area contributed by atoms with Crippen LogP contribution in [0.5, 0.6) is 17.6 Å². The molecule has 4 N–H and O–H groups in total. The minimum Gasteiger partial charge on any atom is -0.475 e. The molecule has 2 aromatic carbocycles. The Hall–Kier alpha value is -5.94. The number of nitrogens with zero attached hydrogens (tertiary/aromatic N) is 9. The highest BCUT2D eigenvalue weighted by molar-refractivity contribution is 14.1. The summed E-state index contributed by atoms with van der Waals surface area (Å²) in [6, 6.07) is 19.8. The molecule has 8 aromatic heterocycles. The van der Waals surface area contributed by atoms with E-state index in [0.29, 0.717) is 78.0 Å². The maximum Gasteiger partial charge on any atom is 0.269 e. The van der Waals surface area contributed by atoms with Crippen LogP contribution in [0.15, 0.2) is 133 Å². The molecule has 0 aliphatic heterocycles. The molecule has 0 saturated carbocycles. The maximum atomic E-state index is 12.9. The fourth-order valence-corrected chi connectivity index (χ4v) is 10.0. The molecule has 0 aliphatic rings. The van der Waals surface area contributed by atoms with E-state index in [-0.39, 0.29) is 22.0 Å². The van der Waals surface area contributed by atoms with Gasteiger partial charge in [0.25, 0.3) is 19.1 Å². The number of halogens is 4. The lowest BCUT2D eigenvalue weighted by molar-refractivity contribution is 0.135. The third-order valence-corrected chi connectivity index (χ3v) is 14.7. The lowest BCUT2D eigenvalue weighted by atomic mass is 10.4. The van der Waals surface area contributed by atoms with E-state index >= 15 is 0 Å². The molecule has 0 saturated heterocycles. The zero-order valence-electron chi connectivity index (χ0n) is 42.0. The first kappa shape index (κ1) is 62.9. The van der Waals surface area contributed by atoms with Crippen LogP contribution in [0.1, 0.15) is 0 Å². The molecule has 0 amide bonds. The van der Waals surface area contributed by atoms with Crippen LogP contribution in [-0.2, 0) is 38.0 Å². The molecule has 10 aromatic rings. The van der Waals surface area contributed by atoms with Crippen LogP contribution in [0, 0.1) is 7.14 Å². The molecule has 10 rings (SSSR count). The quantitative estimate of drug-likeness (QED) is 0.0293. The Morgan fingerprint density at radius 2 is 1.01 bits per heavy atom. The molecule has 416 valence electrons. The fraction of sp³-hybridized carbons (Fsp3) is 0.250. The molecule has 0 fully saturated rings. The first-order valence-electron chi connectivity index (χ1n) is 22.7. The number of aliphatic hydroxyl groups is 1. The van der Waals surface area contributed by atoms with Crippen molar-refractivity contribution in [2.75, 3.05) is 81.3 Å². The molecule has 0 unspecified atom stereocenters. The third kappa shape index (κ3) is 18.6. The number of hydrogen-bond donors (Lipinski definition) is 4. The predicted molar refractivity (Wildman–Crippen MR) is 309 cm³/mol. The van der Waals surface area contributed by atoms with Crippen molar-refractivity contribution in [3.8, 4) is 17.6 Å². The molecular weight excluding hydrogens is 1330 g/mol. The van der Waals surface area contributed by atoms with Gasteiger partial charge in [-0.3, -0.25) is 0 Å². The van der Waals surface area contributed by atoms with E-state index < -0.39 is 19.1 Å². The zero-order valence-corrected chi connectivity index (χ0v) is 49.5. The van der Waals surface area contributed by atoms with Crippen LogP contribution >= 0.6 is 67.5 Å². The fourth-order valence-electron chi connectivity index (χ4n) is 6.12. The monoisotopic (exact) mass is 1380 g/mol. The molecule has 0 aliphatic carbocycles. The van der Waals surface area contributed by atoms with Crippen molar-refractivity contribution in [3.63, 3.8) is 0 Å². The smallest absolute Gasteiger partial charge is 0.269 e. The molecule has 0 bridgehead atoms. The van der Waals surface area contributed by atoms with E-state index in [0.717, 1.165) is 40.6 Å². The maximum absolute atomic E-state index is 12.9. The largest absolute Gasteiger partial charge is 0.475 e. The van der Waals surface area contributed by atoms with Gasteiger partial charge in [-0.1, -0.05) is 48.0 Å². The zero-order chi connectivity index (χ0) is 56.3. The Kier molecular flexibility index (Phi) is 26.5. The number of aliphatic hydroxyl groups excluding tert-OH is 1. The summed E-state index contributed by atoms with van der Waals surface area (Å²) in [5, 5.41) is 11.7. The highest BCUT2D eigenvalue weighted by Gasteiger charge is 2.24. The van der Waals surface area contributed by atoms with Gasteiger partial charge in [0.2, 0.25) is 17.6 Å². The minimum absolute atomic E-state index is 0.122. The summed E-state index contributed by atoms with van der Waals surface area (Å²) < 4.78 is 85.5. The highest BCUT2D eigenvalue weighted by atomic mass is 127. The van der Waals surface area contributed by atoms with Crippen molar-refractivity contribution in [1.29, 1.82) is 0 Å². The van der Waals surface area contributed by atoms with Gasteiger partial charge < -0.3 is 53.2 Å². The van der Waals surface area contributed by atoms with Crippen LogP contribution in [-0.4, -0.2) is 162 Å². The first-order valence-corrected chi connectivity index (χ1v) is 28.9. The minimum atomic E-state index is -3.75. The number of hydrogen-bond acceptors (Lipinski definition) is 20. The molecule has 30 heteroatoms. The van der Waals surface area contributed by atoms with Crippen LogP contribution in [0.2, 0.25) is 5.15 Å². The van der Waals surface area contributed by atoms with Gasteiger partial charge in [-0.05, 0) is 81.6 Å². The number of ether oxygens (including phenoxy) is 7. The Morgan fingerprint density at radius 1 is 0.538 bits per heavy atom. The number of methoxy groups -OCH3 is 4. The number of fused-ring (bicyclic) bond motifs is 4. The molecule has 8 heterocycles. The second-order valence-corrected chi connectivity index (χ2v) is 21.9. The van der Waals surface area contributed by atoms with Gasteiger partial charge in [0.05, 0.1) is 64.4 Å². The van der Waals surface area contributed by atoms with Gasteiger partial charge in [0, 0.05) is 71.0 Å². The average Bonchev–Trinajstić information content (AvgIpc) is 4.36. The Labute approximate surface area is 484 Å². The first-order chi connectivity index (χ1) is 37.7. The number of rotatable bonds is 17. The molecule has 0 radical (unpaired) electrons. The predicted octanol–water partition coefficient (Wildman–Crippen LogP) is 7.72. The van der Waals surface area contributed by atoms with Gasteiger partial charge >= 0.3 is 0 Å². The summed E-state index contributed by atoms with van der Waals surface area (Å²) in [5.74, 6) is 1.53. The van der Waals surface area contributed by atoms with Crippen molar-refractivity contribution in [2.24, 2.45) is 0 Å².